The Balaban J connectivity index is 1.73. The second kappa shape index (κ2) is 10.2. The second-order valence-corrected chi connectivity index (χ2v) is 8.06. The van der Waals surface area contributed by atoms with E-state index in [1.54, 1.807) is 12.1 Å². The van der Waals surface area contributed by atoms with Crippen LogP contribution in [0.4, 0.5) is 0 Å². The lowest BCUT2D eigenvalue weighted by molar-refractivity contribution is -0.166. The molecule has 0 radical (unpaired) electrons. The average molecular weight is 389 g/mol. The Bertz CT molecular complexity index is 683. The van der Waals surface area contributed by atoms with E-state index >= 15 is 0 Å². The molecule has 154 valence electrons. The summed E-state index contributed by atoms with van der Waals surface area (Å²) in [5.74, 6) is -0.282. The van der Waals surface area contributed by atoms with Crippen molar-refractivity contribution in [2.75, 3.05) is 13.2 Å². The van der Waals surface area contributed by atoms with Crippen LogP contribution in [0, 0.1) is 24.7 Å². The topological polar surface area (TPSA) is 81.7 Å². The number of hydrogen-bond acceptors (Lipinski definition) is 5. The van der Waals surface area contributed by atoms with Crippen LogP contribution >= 0.6 is 0 Å². The summed E-state index contributed by atoms with van der Waals surface area (Å²) in [6.07, 6.45) is 2.90. The molecule has 2 rings (SSSR count). The van der Waals surface area contributed by atoms with Crippen LogP contribution in [0.15, 0.2) is 24.3 Å². The third kappa shape index (κ3) is 6.66. The molecule has 1 fully saturated rings. The molecule has 0 spiro atoms. The van der Waals surface area contributed by atoms with E-state index in [9.17, 15) is 14.4 Å². The van der Waals surface area contributed by atoms with Crippen LogP contribution < -0.4 is 5.32 Å². The Morgan fingerprint density at radius 2 is 1.79 bits per heavy atom. The molecule has 0 bridgehead atoms. The molecule has 1 saturated carbocycles. The van der Waals surface area contributed by atoms with Crippen LogP contribution in [0.5, 0.6) is 0 Å². The zero-order valence-electron chi connectivity index (χ0n) is 17.2. The highest BCUT2D eigenvalue weighted by molar-refractivity contribution is 5.96. The largest absolute Gasteiger partial charge is 0.460 e. The first kappa shape index (κ1) is 21.9. The number of carbonyl (C=O) groups is 3. The first-order valence-electron chi connectivity index (χ1n) is 9.96. The van der Waals surface area contributed by atoms with E-state index in [-0.39, 0.29) is 18.6 Å². The van der Waals surface area contributed by atoms with Gasteiger partial charge in [-0.1, -0.05) is 44.9 Å². The van der Waals surface area contributed by atoms with Gasteiger partial charge in [0.2, 0.25) is 0 Å². The van der Waals surface area contributed by atoms with Crippen molar-refractivity contribution < 1.29 is 23.9 Å². The highest BCUT2D eigenvalue weighted by Crippen LogP contribution is 2.35. The Morgan fingerprint density at radius 1 is 1.11 bits per heavy atom. The number of aryl methyl sites for hydroxylation is 1. The van der Waals surface area contributed by atoms with Crippen molar-refractivity contribution in [2.24, 2.45) is 17.8 Å². The molecule has 0 unspecified atom stereocenters. The third-order valence-electron chi connectivity index (χ3n) is 5.30. The molecule has 3 atom stereocenters. The Labute approximate surface area is 167 Å². The average Bonchev–Trinajstić information content (AvgIpc) is 2.64. The summed E-state index contributed by atoms with van der Waals surface area (Å²) in [7, 11) is 0. The predicted octanol–water partition coefficient (Wildman–Crippen LogP) is 3.27. The zero-order chi connectivity index (χ0) is 20.7. The first-order valence-corrected chi connectivity index (χ1v) is 9.96. The molecule has 0 heterocycles. The molecule has 6 nitrogen and oxygen atoms in total. The maximum absolute atomic E-state index is 12.1. The van der Waals surface area contributed by atoms with Crippen LogP contribution in [0.3, 0.4) is 0 Å². The molecule has 1 aromatic rings. The fraction of sp³-hybridized carbons (Fsp3) is 0.591. The lowest BCUT2D eigenvalue weighted by Crippen LogP contribution is -2.37. The number of ether oxygens (including phenoxy) is 2. The Kier molecular flexibility index (Phi) is 8.03. The molecule has 28 heavy (non-hydrogen) atoms. The van der Waals surface area contributed by atoms with Crippen LogP contribution in [0.1, 0.15) is 56.0 Å². The molecule has 1 N–H and O–H groups in total. The van der Waals surface area contributed by atoms with E-state index in [0.717, 1.165) is 24.8 Å². The summed E-state index contributed by atoms with van der Waals surface area (Å²) < 4.78 is 10.5. The van der Waals surface area contributed by atoms with E-state index in [1.807, 2.05) is 19.1 Å². The van der Waals surface area contributed by atoms with Gasteiger partial charge < -0.3 is 14.8 Å². The number of esters is 2. The highest BCUT2D eigenvalue weighted by atomic mass is 16.6. The molecule has 0 aliphatic heterocycles. The van der Waals surface area contributed by atoms with E-state index in [4.69, 9.17) is 9.47 Å². The van der Waals surface area contributed by atoms with Crippen molar-refractivity contribution in [3.05, 3.63) is 35.4 Å². The fourth-order valence-corrected chi connectivity index (χ4v) is 3.60. The van der Waals surface area contributed by atoms with Gasteiger partial charge in [-0.05, 0) is 49.7 Å². The molecule has 1 aromatic carbocycles. The lowest BCUT2D eigenvalue weighted by atomic mass is 9.75. The number of rotatable bonds is 7. The minimum atomic E-state index is -0.671. The summed E-state index contributed by atoms with van der Waals surface area (Å²) >= 11 is 0. The Hall–Kier alpha value is -2.37. The molecular weight excluding hydrogens is 358 g/mol. The van der Waals surface area contributed by atoms with Gasteiger partial charge in [0, 0.05) is 5.56 Å². The van der Waals surface area contributed by atoms with Gasteiger partial charge in [-0.2, -0.15) is 0 Å². The number of nitrogens with one attached hydrogen (secondary N) is 1. The van der Waals surface area contributed by atoms with Crippen molar-refractivity contribution in [3.63, 3.8) is 0 Å². The fourth-order valence-electron chi connectivity index (χ4n) is 3.60. The van der Waals surface area contributed by atoms with Crippen molar-refractivity contribution in [3.8, 4) is 0 Å². The maximum Gasteiger partial charge on any atom is 0.344 e. The smallest absolute Gasteiger partial charge is 0.344 e. The molecule has 6 heteroatoms. The van der Waals surface area contributed by atoms with E-state index in [0.29, 0.717) is 23.3 Å². The summed E-state index contributed by atoms with van der Waals surface area (Å²) in [5, 5.41) is 2.49. The molecule has 1 amide bonds. The molecule has 1 aliphatic carbocycles. The number of benzene rings is 1. The highest BCUT2D eigenvalue weighted by Gasteiger charge is 2.33. The molecule has 0 saturated heterocycles. The monoisotopic (exact) mass is 389 g/mol. The van der Waals surface area contributed by atoms with Gasteiger partial charge in [-0.15, -0.1) is 0 Å². The SMILES string of the molecule is Cc1ccc(C(=O)NCC(=O)OCC(=O)O[C@H]2C[C@H](C)CC[C@H]2C(C)C)cc1. The van der Waals surface area contributed by atoms with Gasteiger partial charge in [0.05, 0.1) is 0 Å². The van der Waals surface area contributed by atoms with Gasteiger partial charge in [0.15, 0.2) is 6.61 Å². The summed E-state index contributed by atoms with van der Waals surface area (Å²) in [6.45, 7) is 7.63. The minimum Gasteiger partial charge on any atom is -0.460 e. The van der Waals surface area contributed by atoms with Crippen molar-refractivity contribution >= 4 is 17.8 Å². The van der Waals surface area contributed by atoms with Gasteiger partial charge in [0.1, 0.15) is 12.6 Å². The van der Waals surface area contributed by atoms with Crippen LogP contribution in [0.25, 0.3) is 0 Å². The first-order chi connectivity index (χ1) is 13.3. The van der Waals surface area contributed by atoms with Crippen LogP contribution in [-0.2, 0) is 19.1 Å². The van der Waals surface area contributed by atoms with Gasteiger partial charge in [0.25, 0.3) is 5.91 Å². The predicted molar refractivity (Wildman–Crippen MR) is 106 cm³/mol. The van der Waals surface area contributed by atoms with Crippen LogP contribution in [-0.4, -0.2) is 37.1 Å². The van der Waals surface area contributed by atoms with Crippen molar-refractivity contribution in [1.82, 2.24) is 5.32 Å². The quantitative estimate of drug-likeness (QED) is 0.724. The van der Waals surface area contributed by atoms with Crippen molar-refractivity contribution in [1.29, 1.82) is 0 Å². The van der Waals surface area contributed by atoms with Crippen LogP contribution in [0.2, 0.25) is 0 Å². The third-order valence-corrected chi connectivity index (χ3v) is 5.30. The lowest BCUT2D eigenvalue weighted by Gasteiger charge is -2.36. The van der Waals surface area contributed by atoms with Gasteiger partial charge >= 0.3 is 11.9 Å². The van der Waals surface area contributed by atoms with Gasteiger partial charge in [-0.25, -0.2) is 4.79 Å². The molecular formula is C22H31NO5. The normalized spacial score (nSPS) is 21.8. The Morgan fingerprint density at radius 3 is 2.43 bits per heavy atom. The minimum absolute atomic E-state index is 0.129. The van der Waals surface area contributed by atoms with E-state index in [2.05, 4.69) is 26.1 Å². The van der Waals surface area contributed by atoms with Crippen molar-refractivity contribution in [2.45, 2.75) is 53.1 Å². The van der Waals surface area contributed by atoms with E-state index < -0.39 is 18.5 Å². The number of amides is 1. The summed E-state index contributed by atoms with van der Waals surface area (Å²) in [5.41, 5.74) is 1.51. The number of hydrogen-bond donors (Lipinski definition) is 1. The summed E-state index contributed by atoms with van der Waals surface area (Å²) in [4.78, 5) is 35.9. The maximum atomic E-state index is 12.1. The summed E-state index contributed by atoms with van der Waals surface area (Å²) in [6, 6.07) is 7.01. The molecule has 0 aromatic heterocycles. The zero-order valence-corrected chi connectivity index (χ0v) is 17.2. The van der Waals surface area contributed by atoms with E-state index in [1.165, 1.54) is 0 Å². The molecule has 1 aliphatic rings. The standard InChI is InChI=1S/C22H31NO5/c1-14(2)18-10-7-16(4)11-19(18)28-21(25)13-27-20(24)12-23-22(26)17-8-5-15(3)6-9-17/h5-6,8-9,14,16,18-19H,7,10-13H2,1-4H3,(H,23,26)/t16-,18+,19+/m1/s1. The number of carbonyl (C=O) groups excluding carboxylic acids is 3. The second-order valence-electron chi connectivity index (χ2n) is 8.06. The van der Waals surface area contributed by atoms with Gasteiger partial charge in [-0.3, -0.25) is 9.59 Å².